The zero-order chi connectivity index (χ0) is 18.6. The first kappa shape index (κ1) is 18.4. The SMILES string of the molecule is COC(=O)c1c(C)cc(OC(=O)C#Cc2ccc(Cl)cc2)c(C)c1O. The number of aromatic hydroxyl groups is 1. The van der Waals surface area contributed by atoms with Gasteiger partial charge in [-0.05, 0) is 49.7 Å². The van der Waals surface area contributed by atoms with Crippen molar-refractivity contribution < 1.29 is 24.2 Å². The van der Waals surface area contributed by atoms with Crippen molar-refractivity contribution in [2.45, 2.75) is 13.8 Å². The predicted molar refractivity (Wildman–Crippen MR) is 92.9 cm³/mol. The van der Waals surface area contributed by atoms with Crippen molar-refractivity contribution in [2.24, 2.45) is 0 Å². The molecule has 0 saturated heterocycles. The summed E-state index contributed by atoms with van der Waals surface area (Å²) < 4.78 is 9.80. The highest BCUT2D eigenvalue weighted by Crippen LogP contribution is 2.33. The summed E-state index contributed by atoms with van der Waals surface area (Å²) in [4.78, 5) is 23.6. The molecule has 0 unspecified atom stereocenters. The number of methoxy groups -OCH3 is 1. The Bertz CT molecular complexity index is 889. The van der Waals surface area contributed by atoms with Crippen LogP contribution >= 0.6 is 11.6 Å². The number of carbonyl (C=O) groups is 2. The van der Waals surface area contributed by atoms with E-state index in [4.69, 9.17) is 16.3 Å². The standard InChI is InChI=1S/C19H15ClO5/c1-11-10-15(12(2)18(22)17(11)19(23)24-3)25-16(21)9-6-13-4-7-14(20)8-5-13/h4-5,7-8,10,22H,1-3H3. The lowest BCUT2D eigenvalue weighted by atomic mass is 10.0. The van der Waals surface area contributed by atoms with E-state index in [1.807, 2.05) is 0 Å². The normalized spacial score (nSPS) is 9.76. The van der Waals surface area contributed by atoms with Crippen LogP contribution in [0, 0.1) is 25.7 Å². The van der Waals surface area contributed by atoms with Crippen LogP contribution in [0.15, 0.2) is 30.3 Å². The van der Waals surface area contributed by atoms with E-state index >= 15 is 0 Å². The van der Waals surface area contributed by atoms with Crippen LogP contribution in [0.3, 0.4) is 0 Å². The monoisotopic (exact) mass is 358 g/mol. The van der Waals surface area contributed by atoms with Crippen LogP contribution in [0.25, 0.3) is 0 Å². The van der Waals surface area contributed by atoms with Gasteiger partial charge in [0.25, 0.3) is 0 Å². The molecule has 0 bridgehead atoms. The minimum absolute atomic E-state index is 0.0343. The molecule has 25 heavy (non-hydrogen) atoms. The fourth-order valence-corrected chi connectivity index (χ4v) is 2.24. The highest BCUT2D eigenvalue weighted by Gasteiger charge is 2.21. The Morgan fingerprint density at radius 3 is 2.40 bits per heavy atom. The number of ether oxygens (including phenoxy) is 2. The van der Waals surface area contributed by atoms with Crippen molar-refractivity contribution in [3.63, 3.8) is 0 Å². The zero-order valence-corrected chi connectivity index (χ0v) is 14.6. The maximum absolute atomic E-state index is 11.9. The summed E-state index contributed by atoms with van der Waals surface area (Å²) in [5.41, 5.74) is 1.31. The van der Waals surface area contributed by atoms with Crippen LogP contribution < -0.4 is 4.74 Å². The second-order valence-corrected chi connectivity index (χ2v) is 5.61. The maximum atomic E-state index is 11.9. The lowest BCUT2D eigenvalue weighted by molar-refractivity contribution is -0.128. The highest BCUT2D eigenvalue weighted by molar-refractivity contribution is 6.30. The second kappa shape index (κ2) is 7.73. The largest absolute Gasteiger partial charge is 0.507 e. The summed E-state index contributed by atoms with van der Waals surface area (Å²) in [6.45, 7) is 3.12. The molecule has 2 aromatic rings. The van der Waals surface area contributed by atoms with Gasteiger partial charge in [0.05, 0.1) is 7.11 Å². The average molecular weight is 359 g/mol. The van der Waals surface area contributed by atoms with E-state index in [1.165, 1.54) is 20.1 Å². The van der Waals surface area contributed by atoms with Crippen molar-refractivity contribution in [3.05, 3.63) is 57.6 Å². The molecule has 0 fully saturated rings. The van der Waals surface area contributed by atoms with Gasteiger partial charge < -0.3 is 14.6 Å². The van der Waals surface area contributed by atoms with Crippen LogP contribution in [0.4, 0.5) is 0 Å². The molecule has 0 saturated carbocycles. The number of hydrogen-bond donors (Lipinski definition) is 1. The van der Waals surface area contributed by atoms with Gasteiger partial charge in [-0.3, -0.25) is 0 Å². The molecule has 0 radical (unpaired) electrons. The van der Waals surface area contributed by atoms with Crippen molar-refractivity contribution >= 4 is 23.5 Å². The van der Waals surface area contributed by atoms with Gasteiger partial charge in [0.15, 0.2) is 0 Å². The molecule has 0 aliphatic heterocycles. The number of aryl methyl sites for hydroxylation is 1. The molecule has 0 heterocycles. The Kier molecular flexibility index (Phi) is 5.68. The number of carbonyl (C=O) groups excluding carboxylic acids is 2. The van der Waals surface area contributed by atoms with Gasteiger partial charge in [0.2, 0.25) is 0 Å². The van der Waals surface area contributed by atoms with Crippen LogP contribution in [0.2, 0.25) is 5.02 Å². The highest BCUT2D eigenvalue weighted by atomic mass is 35.5. The molecule has 2 aromatic carbocycles. The van der Waals surface area contributed by atoms with Gasteiger partial charge in [0, 0.05) is 22.1 Å². The fraction of sp³-hybridized carbons (Fsp3) is 0.158. The molecule has 2 rings (SSSR count). The fourth-order valence-electron chi connectivity index (χ4n) is 2.12. The Morgan fingerprint density at radius 1 is 1.16 bits per heavy atom. The third-order valence-electron chi connectivity index (χ3n) is 3.45. The molecule has 0 atom stereocenters. The molecule has 0 amide bonds. The van der Waals surface area contributed by atoms with Gasteiger partial charge in [-0.2, -0.15) is 0 Å². The Morgan fingerprint density at radius 2 is 1.80 bits per heavy atom. The predicted octanol–water partition coefficient (Wildman–Crippen LogP) is 3.41. The van der Waals surface area contributed by atoms with E-state index < -0.39 is 11.9 Å². The molecule has 0 aromatic heterocycles. The summed E-state index contributed by atoms with van der Waals surface area (Å²) >= 11 is 5.78. The van der Waals surface area contributed by atoms with Crippen molar-refractivity contribution in [2.75, 3.05) is 7.11 Å². The zero-order valence-electron chi connectivity index (χ0n) is 13.8. The first-order valence-electron chi connectivity index (χ1n) is 7.24. The average Bonchev–Trinajstić information content (AvgIpc) is 2.58. The van der Waals surface area contributed by atoms with Crippen molar-refractivity contribution in [1.82, 2.24) is 0 Å². The number of phenols is 1. The minimum atomic E-state index is -0.789. The van der Waals surface area contributed by atoms with Gasteiger partial charge in [-0.25, -0.2) is 9.59 Å². The van der Waals surface area contributed by atoms with Crippen LogP contribution in [-0.4, -0.2) is 24.2 Å². The van der Waals surface area contributed by atoms with E-state index in [0.29, 0.717) is 16.1 Å². The number of esters is 2. The smallest absolute Gasteiger partial charge is 0.390 e. The number of rotatable bonds is 2. The van der Waals surface area contributed by atoms with E-state index in [0.717, 1.165) is 0 Å². The molecule has 6 heteroatoms. The Balaban J connectivity index is 2.24. The van der Waals surface area contributed by atoms with E-state index in [1.54, 1.807) is 31.2 Å². The quantitative estimate of drug-likeness (QED) is 0.506. The molecule has 0 spiro atoms. The maximum Gasteiger partial charge on any atom is 0.390 e. The Labute approximate surface area is 150 Å². The molecule has 1 N–H and O–H groups in total. The second-order valence-electron chi connectivity index (χ2n) is 5.18. The third-order valence-corrected chi connectivity index (χ3v) is 3.70. The topological polar surface area (TPSA) is 72.8 Å². The minimum Gasteiger partial charge on any atom is -0.507 e. The van der Waals surface area contributed by atoms with Gasteiger partial charge in [-0.1, -0.05) is 17.5 Å². The molecule has 0 aliphatic rings. The van der Waals surface area contributed by atoms with Gasteiger partial charge in [0.1, 0.15) is 17.1 Å². The van der Waals surface area contributed by atoms with Gasteiger partial charge >= 0.3 is 11.9 Å². The summed E-state index contributed by atoms with van der Waals surface area (Å²) in [5.74, 6) is 3.39. The van der Waals surface area contributed by atoms with Crippen LogP contribution in [0.5, 0.6) is 11.5 Å². The molecular formula is C19H15ClO5. The Hall–Kier alpha value is -2.97. The number of benzene rings is 2. The first-order valence-corrected chi connectivity index (χ1v) is 7.62. The van der Waals surface area contributed by atoms with Crippen molar-refractivity contribution in [1.29, 1.82) is 0 Å². The summed E-state index contributed by atoms with van der Waals surface area (Å²) in [5, 5.41) is 10.7. The molecule has 128 valence electrons. The summed E-state index contributed by atoms with van der Waals surface area (Å²) in [6, 6.07) is 8.15. The third kappa shape index (κ3) is 4.31. The number of halogens is 1. The van der Waals surface area contributed by atoms with Crippen LogP contribution in [-0.2, 0) is 9.53 Å². The summed E-state index contributed by atoms with van der Waals surface area (Å²) in [6.07, 6.45) is 0. The number of phenolic OH excluding ortho intramolecular Hbond substituents is 1. The molecule has 0 aliphatic carbocycles. The molecule has 5 nitrogen and oxygen atoms in total. The lowest BCUT2D eigenvalue weighted by Crippen LogP contribution is -2.09. The van der Waals surface area contributed by atoms with E-state index in [-0.39, 0.29) is 22.6 Å². The van der Waals surface area contributed by atoms with Crippen molar-refractivity contribution in [3.8, 4) is 23.3 Å². The van der Waals surface area contributed by atoms with E-state index in [9.17, 15) is 14.7 Å². The van der Waals surface area contributed by atoms with E-state index in [2.05, 4.69) is 16.6 Å². The first-order chi connectivity index (χ1) is 11.8. The van der Waals surface area contributed by atoms with Gasteiger partial charge in [-0.15, -0.1) is 0 Å². The molecular weight excluding hydrogens is 344 g/mol. The number of hydrogen-bond acceptors (Lipinski definition) is 5. The van der Waals surface area contributed by atoms with Crippen LogP contribution in [0.1, 0.15) is 27.0 Å². The lowest BCUT2D eigenvalue weighted by Gasteiger charge is -2.12. The summed E-state index contributed by atoms with van der Waals surface area (Å²) in [7, 11) is 1.22.